The number of aliphatic hydroxyl groups excluding tert-OH is 14. The van der Waals surface area contributed by atoms with Crippen molar-refractivity contribution in [1.29, 1.82) is 0 Å². The molecule has 15 N–H and O–H groups in total. The quantitative estimate of drug-likeness (QED) is 0.0350. The zero-order valence-electron chi connectivity index (χ0n) is 52.2. The van der Waals surface area contributed by atoms with Gasteiger partial charge in [0.25, 0.3) is 0 Å². The normalized spacial score (nSPS) is 51.3. The molecule has 0 radical (unpaired) electrons. The first-order valence-electron chi connectivity index (χ1n) is 31.0. The van der Waals surface area contributed by atoms with E-state index in [9.17, 15) is 91.0 Å². The number of ether oxygens (including phenoxy) is 10. The van der Waals surface area contributed by atoms with Crippen molar-refractivity contribution >= 4 is 17.9 Å². The highest BCUT2D eigenvalue weighted by molar-refractivity contribution is 5.87. The number of carbonyl (C=O) groups excluding carboxylic acids is 2. The number of hydrogen-bond donors (Lipinski definition) is 15. The summed E-state index contributed by atoms with van der Waals surface area (Å²) in [5.41, 5.74) is -4.95. The average molecular weight is 1280 g/mol. The number of esters is 2. The molecule has 32 atom stereocenters. The SMILES string of the molecule is C/C=C(\C)C(=O)O[C@H]1[C@H](OC(C)=O)[C@]2(CO)[C@H](O)[C@H](O)[C@]3(C)C(=CC[C@@H]4[C@@]5(C)CC[C@H](O[C@@H]6O[C@H](C(=O)O)[C@@H](O)[C@H](O[C@@H]7O[C@H](CO)[C@H](O)[C@H](O)[C@H]7O[C@@H]7O[C@@H](C)[C@H](O)[C@@H](O)[C@H]7O)[C@H]6O[C@@H]6O[C@H](CO)[C@@H](O)[C@H](O)[C@H]6O)C(C)(C)[C@@H]5CC[C@]43C)[C@@H]2CC1(C)C. The van der Waals surface area contributed by atoms with E-state index in [4.69, 9.17) is 47.4 Å². The fourth-order valence-electron chi connectivity index (χ4n) is 17.7. The number of fused-ring (bicyclic) bond motifs is 7. The Kier molecular flexibility index (Phi) is 20.3. The Balaban J connectivity index is 1.06. The van der Waals surface area contributed by atoms with E-state index in [1.165, 1.54) is 13.8 Å². The van der Waals surface area contributed by atoms with Crippen LogP contribution >= 0.6 is 0 Å². The predicted molar refractivity (Wildman–Crippen MR) is 300 cm³/mol. The molecule has 0 aromatic carbocycles. The molecule has 0 aromatic heterocycles. The molecule has 5 aliphatic carbocycles. The summed E-state index contributed by atoms with van der Waals surface area (Å²) in [5.74, 6) is -4.28. The van der Waals surface area contributed by atoms with Crippen molar-refractivity contribution in [3.63, 3.8) is 0 Å². The van der Waals surface area contributed by atoms with Crippen LogP contribution in [0.3, 0.4) is 0 Å². The van der Waals surface area contributed by atoms with Crippen molar-refractivity contribution in [1.82, 2.24) is 0 Å². The molecule has 4 saturated carbocycles. The van der Waals surface area contributed by atoms with Crippen LogP contribution in [0.1, 0.15) is 115 Å². The smallest absolute Gasteiger partial charge is 0.335 e. The molecule has 4 aliphatic heterocycles. The van der Waals surface area contributed by atoms with Crippen LogP contribution in [0.2, 0.25) is 0 Å². The highest BCUT2D eigenvalue weighted by Crippen LogP contribution is 2.76. The van der Waals surface area contributed by atoms with Crippen molar-refractivity contribution in [2.75, 3.05) is 19.8 Å². The summed E-state index contributed by atoms with van der Waals surface area (Å²) < 4.78 is 61.2. The lowest BCUT2D eigenvalue weighted by molar-refractivity contribution is -0.406. The highest BCUT2D eigenvalue weighted by Gasteiger charge is 2.76. The van der Waals surface area contributed by atoms with E-state index < -0.39 is 229 Å². The lowest BCUT2D eigenvalue weighted by atomic mass is 9.32. The Hall–Kier alpha value is -2.99. The Morgan fingerprint density at radius 1 is 0.607 bits per heavy atom. The highest BCUT2D eigenvalue weighted by atomic mass is 16.8. The van der Waals surface area contributed by atoms with Gasteiger partial charge >= 0.3 is 17.9 Å². The van der Waals surface area contributed by atoms with Gasteiger partial charge in [-0.15, -0.1) is 0 Å². The fourth-order valence-corrected chi connectivity index (χ4v) is 17.7. The van der Waals surface area contributed by atoms with Gasteiger partial charge in [0.1, 0.15) is 91.6 Å². The third-order valence-corrected chi connectivity index (χ3v) is 23.1. The molecule has 28 heteroatoms. The summed E-state index contributed by atoms with van der Waals surface area (Å²) in [6.45, 7) is 17.1. The molecule has 0 amide bonds. The Morgan fingerprint density at radius 2 is 1.17 bits per heavy atom. The Labute approximate surface area is 516 Å². The summed E-state index contributed by atoms with van der Waals surface area (Å²) in [6, 6.07) is 0. The minimum absolute atomic E-state index is 0.207. The second kappa shape index (κ2) is 25.6. The van der Waals surface area contributed by atoms with Gasteiger partial charge in [0.15, 0.2) is 37.4 Å². The molecule has 0 unspecified atom stereocenters. The largest absolute Gasteiger partial charge is 0.479 e. The molecular weight excluding hydrogens is 1180 g/mol. The molecule has 4 saturated heterocycles. The molecule has 508 valence electrons. The van der Waals surface area contributed by atoms with E-state index >= 15 is 0 Å². The maximum absolute atomic E-state index is 13.5. The number of rotatable bonds is 15. The molecule has 9 rings (SSSR count). The summed E-state index contributed by atoms with van der Waals surface area (Å²) in [6.07, 6.45) is -39.1. The van der Waals surface area contributed by atoms with Crippen molar-refractivity contribution in [3.05, 3.63) is 23.3 Å². The Morgan fingerprint density at radius 3 is 1.75 bits per heavy atom. The number of allylic oxidation sites excluding steroid dienone is 2. The van der Waals surface area contributed by atoms with Crippen LogP contribution in [0, 0.1) is 50.2 Å². The van der Waals surface area contributed by atoms with Crippen molar-refractivity contribution in [2.24, 2.45) is 50.2 Å². The lowest BCUT2D eigenvalue weighted by Crippen LogP contribution is -2.76. The van der Waals surface area contributed by atoms with Gasteiger partial charge < -0.3 is 124 Å². The molecule has 0 aromatic rings. The molecule has 8 fully saturated rings. The molecular formula is C61H96O28. The first kappa shape index (κ1) is 70.3. The minimum Gasteiger partial charge on any atom is -0.479 e. The second-order valence-electron chi connectivity index (χ2n) is 28.5. The van der Waals surface area contributed by atoms with Crippen LogP contribution < -0.4 is 0 Å². The van der Waals surface area contributed by atoms with Crippen molar-refractivity contribution < 1.29 is 138 Å². The molecule has 0 bridgehead atoms. The lowest BCUT2D eigenvalue weighted by Gasteiger charge is -2.73. The zero-order valence-corrected chi connectivity index (χ0v) is 52.2. The summed E-state index contributed by atoms with van der Waals surface area (Å²) in [4.78, 5) is 39.8. The average Bonchev–Trinajstić information content (AvgIpc) is 0.664. The van der Waals surface area contributed by atoms with Crippen LogP contribution in [-0.2, 0) is 61.8 Å². The third kappa shape index (κ3) is 11.4. The third-order valence-electron chi connectivity index (χ3n) is 23.1. The zero-order chi connectivity index (χ0) is 65.9. The van der Waals surface area contributed by atoms with Gasteiger partial charge in [-0.05, 0) is 93.3 Å². The first-order chi connectivity index (χ1) is 41.5. The van der Waals surface area contributed by atoms with Crippen molar-refractivity contribution in [3.8, 4) is 0 Å². The van der Waals surface area contributed by atoms with E-state index in [1.54, 1.807) is 19.9 Å². The van der Waals surface area contributed by atoms with Gasteiger partial charge in [0.2, 0.25) is 0 Å². The van der Waals surface area contributed by atoms with Crippen LogP contribution in [0.5, 0.6) is 0 Å². The van der Waals surface area contributed by atoms with Gasteiger partial charge in [0, 0.05) is 23.3 Å². The maximum Gasteiger partial charge on any atom is 0.335 e. The van der Waals surface area contributed by atoms with Gasteiger partial charge in [-0.25, -0.2) is 9.59 Å². The summed E-state index contributed by atoms with van der Waals surface area (Å²) >= 11 is 0. The number of carboxylic acids is 1. The van der Waals surface area contributed by atoms with Gasteiger partial charge in [-0.2, -0.15) is 0 Å². The number of aliphatic carboxylic acids is 1. The molecule has 0 spiro atoms. The minimum atomic E-state index is -2.31. The number of carboxylic acid groups (broad SMARTS) is 1. The molecule has 89 heavy (non-hydrogen) atoms. The predicted octanol–water partition coefficient (Wildman–Crippen LogP) is -2.47. The number of hydrogen-bond acceptors (Lipinski definition) is 27. The summed E-state index contributed by atoms with van der Waals surface area (Å²) in [5, 5.41) is 169. The van der Waals surface area contributed by atoms with E-state index in [-0.39, 0.29) is 24.7 Å². The Bertz CT molecular complexity index is 2620. The van der Waals surface area contributed by atoms with E-state index in [2.05, 4.69) is 19.9 Å². The first-order valence-corrected chi connectivity index (χ1v) is 31.0. The van der Waals surface area contributed by atoms with Crippen LogP contribution in [0.25, 0.3) is 0 Å². The molecule has 4 heterocycles. The standard InChI is InChI=1S/C61H96O28/c1-12-23(2)51(79)89-48-49(81-25(4)65)61(22-64)27(19-56(48,5)6)26-13-14-31-58(9)17-16-32(57(7,8)30(58)15-18-59(31,10)60(26,11)46(75)47(61)76)84-55-45(88-53-40(73)37(70)34(67)28(20-62)82-53)42(41(74)43(86-55)50(77)78)85-54-44(38(71)35(68)29(21-63)83-54)87-52-39(72)36(69)33(66)24(3)80-52/h12-13,24,27-49,52-55,62-64,66-76H,14-22H2,1-11H3,(H,77,78)/b23-12+/t24-,27-,28+,29+,30-,31+,32-,33-,34+,35-,36+,37-,38-,39+,40+,41-,42-,43-,44+,45+,46-,47+,48-,49-,52-,53-,54-,55+,58-,59+,60-,61-/m0/s1. The monoisotopic (exact) mass is 1280 g/mol. The van der Waals surface area contributed by atoms with Gasteiger partial charge in [-0.1, -0.05) is 66.2 Å². The fraction of sp³-hybridized carbons (Fsp3) is 0.885. The van der Waals surface area contributed by atoms with Crippen LogP contribution in [0.15, 0.2) is 23.3 Å². The molecule has 9 aliphatic rings. The summed E-state index contributed by atoms with van der Waals surface area (Å²) in [7, 11) is 0. The second-order valence-corrected chi connectivity index (χ2v) is 28.5. The van der Waals surface area contributed by atoms with Crippen molar-refractivity contribution in [2.45, 2.75) is 268 Å². The number of aliphatic hydroxyl groups is 14. The topological polar surface area (TPSA) is 447 Å². The van der Waals surface area contributed by atoms with Crippen LogP contribution in [0.4, 0.5) is 0 Å². The molecule has 28 nitrogen and oxygen atoms in total. The van der Waals surface area contributed by atoms with Gasteiger partial charge in [0.05, 0.1) is 49.7 Å². The number of carbonyl (C=O) groups is 3. The van der Waals surface area contributed by atoms with E-state index in [0.29, 0.717) is 31.3 Å². The van der Waals surface area contributed by atoms with Gasteiger partial charge in [-0.3, -0.25) is 4.79 Å². The van der Waals surface area contributed by atoms with Crippen LogP contribution in [-0.4, -0.2) is 268 Å². The van der Waals surface area contributed by atoms with E-state index in [1.807, 2.05) is 34.6 Å². The van der Waals surface area contributed by atoms with E-state index in [0.717, 1.165) is 5.57 Å². The maximum atomic E-state index is 13.5.